The van der Waals surface area contributed by atoms with Crippen molar-refractivity contribution in [1.82, 2.24) is 0 Å². The van der Waals surface area contributed by atoms with Crippen molar-refractivity contribution in [3.8, 4) is 0 Å². The molecule has 23 heavy (non-hydrogen) atoms. The summed E-state index contributed by atoms with van der Waals surface area (Å²) in [5.74, 6) is -6.48. The van der Waals surface area contributed by atoms with E-state index in [-0.39, 0.29) is 6.07 Å². The van der Waals surface area contributed by atoms with Crippen LogP contribution < -0.4 is 5.73 Å². The predicted molar refractivity (Wildman–Crippen MR) is 71.6 cm³/mol. The van der Waals surface area contributed by atoms with Crippen molar-refractivity contribution in [2.24, 2.45) is 17.3 Å². The molecule has 0 spiro atoms. The fourth-order valence-electron chi connectivity index (χ4n) is 2.61. The lowest BCUT2D eigenvalue weighted by atomic mass is 10.1. The van der Waals surface area contributed by atoms with Gasteiger partial charge in [-0.2, -0.15) is 8.78 Å². The fourth-order valence-corrected chi connectivity index (χ4v) is 2.61. The van der Waals surface area contributed by atoms with Crippen molar-refractivity contribution in [3.63, 3.8) is 0 Å². The molecule has 0 aliphatic heterocycles. The summed E-state index contributed by atoms with van der Waals surface area (Å²) in [7, 11) is 0. The number of hydrogen-bond donors (Lipinski definition) is 1. The third-order valence-corrected chi connectivity index (χ3v) is 4.14. The molecule has 1 aliphatic carbocycles. The maximum Gasteiger partial charge on any atom is 0.310 e. The Bertz CT molecular complexity index is 657. The van der Waals surface area contributed by atoms with Crippen LogP contribution in [0.15, 0.2) is 18.2 Å². The average molecular weight is 335 g/mol. The van der Waals surface area contributed by atoms with E-state index in [0.717, 1.165) is 0 Å². The second-order valence-corrected chi connectivity index (χ2v) is 5.94. The SMILES string of the molecule is CC1(C)[C@H](C=C(F)F)[C@H]1C(=O)OCc1c(N)c(F)cc(F)c1F. The molecule has 1 aromatic carbocycles. The quantitative estimate of drug-likeness (QED) is 0.394. The topological polar surface area (TPSA) is 52.3 Å². The van der Waals surface area contributed by atoms with Gasteiger partial charge in [0.15, 0.2) is 11.6 Å². The molecule has 126 valence electrons. The van der Waals surface area contributed by atoms with Gasteiger partial charge in [0.25, 0.3) is 6.08 Å². The monoisotopic (exact) mass is 335 g/mol. The Morgan fingerprint density at radius 2 is 1.91 bits per heavy atom. The van der Waals surface area contributed by atoms with Gasteiger partial charge in [-0.3, -0.25) is 4.79 Å². The molecule has 0 unspecified atom stereocenters. The van der Waals surface area contributed by atoms with E-state index in [1.807, 2.05) is 0 Å². The summed E-state index contributed by atoms with van der Waals surface area (Å²) in [5.41, 5.74) is 3.26. The van der Waals surface area contributed by atoms with Crippen LogP contribution in [-0.2, 0) is 16.1 Å². The Hall–Kier alpha value is -2.12. The number of nitrogens with two attached hydrogens (primary N) is 1. The second kappa shape index (κ2) is 5.82. The Morgan fingerprint density at radius 1 is 1.30 bits per heavy atom. The Labute approximate surface area is 128 Å². The first-order chi connectivity index (χ1) is 10.6. The number of nitrogen functional groups attached to an aromatic ring is 1. The smallest absolute Gasteiger partial charge is 0.310 e. The predicted octanol–water partition coefficient (Wildman–Crippen LogP) is 3.78. The highest BCUT2D eigenvalue weighted by Crippen LogP contribution is 2.60. The molecule has 0 saturated heterocycles. The van der Waals surface area contributed by atoms with Gasteiger partial charge in [0.2, 0.25) is 0 Å². The molecule has 0 amide bonds. The Balaban J connectivity index is 2.11. The number of ether oxygens (including phenoxy) is 1. The molecule has 8 heteroatoms. The Morgan fingerprint density at radius 3 is 2.48 bits per heavy atom. The first kappa shape index (κ1) is 17.2. The lowest BCUT2D eigenvalue weighted by molar-refractivity contribution is -0.147. The first-order valence-electron chi connectivity index (χ1n) is 6.68. The number of hydrogen-bond acceptors (Lipinski definition) is 3. The maximum absolute atomic E-state index is 13.6. The molecule has 1 fully saturated rings. The van der Waals surface area contributed by atoms with Gasteiger partial charge in [-0.05, 0) is 11.5 Å². The standard InChI is InChI=1S/C15H14F5NO2/c1-15(2)7(3-10(18)19)11(15)14(22)23-5-6-12(20)8(16)4-9(17)13(6)21/h3-4,7,11H,5,21H2,1-2H3/t7-,11+/m1/s1. The van der Waals surface area contributed by atoms with E-state index in [4.69, 9.17) is 10.5 Å². The summed E-state index contributed by atoms with van der Waals surface area (Å²) in [6, 6.07) is 0.283. The van der Waals surface area contributed by atoms with Crippen LogP contribution in [0.1, 0.15) is 19.4 Å². The van der Waals surface area contributed by atoms with Crippen molar-refractivity contribution in [1.29, 1.82) is 0 Å². The number of carbonyl (C=O) groups is 1. The number of benzene rings is 1. The van der Waals surface area contributed by atoms with Gasteiger partial charge in [-0.15, -0.1) is 0 Å². The van der Waals surface area contributed by atoms with Crippen LogP contribution in [-0.4, -0.2) is 5.97 Å². The molecule has 0 heterocycles. The van der Waals surface area contributed by atoms with Gasteiger partial charge in [0.05, 0.1) is 17.2 Å². The average Bonchev–Trinajstić information content (AvgIpc) is 2.96. The zero-order valence-corrected chi connectivity index (χ0v) is 12.3. The molecule has 2 N–H and O–H groups in total. The highest BCUT2D eigenvalue weighted by molar-refractivity contribution is 5.78. The summed E-state index contributed by atoms with van der Waals surface area (Å²) in [5, 5.41) is 0. The van der Waals surface area contributed by atoms with Crippen LogP contribution in [0, 0.1) is 34.7 Å². The van der Waals surface area contributed by atoms with E-state index in [9.17, 15) is 26.7 Å². The van der Waals surface area contributed by atoms with Gasteiger partial charge in [-0.25, -0.2) is 13.2 Å². The fraction of sp³-hybridized carbons (Fsp3) is 0.400. The van der Waals surface area contributed by atoms with Crippen LogP contribution in [0.4, 0.5) is 27.6 Å². The highest BCUT2D eigenvalue weighted by atomic mass is 19.3. The van der Waals surface area contributed by atoms with Crippen molar-refractivity contribution >= 4 is 11.7 Å². The first-order valence-corrected chi connectivity index (χ1v) is 6.68. The number of halogens is 5. The van der Waals surface area contributed by atoms with Crippen LogP contribution in [0.3, 0.4) is 0 Å². The zero-order valence-electron chi connectivity index (χ0n) is 12.3. The van der Waals surface area contributed by atoms with Gasteiger partial charge in [0, 0.05) is 12.0 Å². The molecular weight excluding hydrogens is 321 g/mol. The summed E-state index contributed by atoms with van der Waals surface area (Å²) in [4.78, 5) is 11.9. The van der Waals surface area contributed by atoms with E-state index in [1.165, 1.54) is 0 Å². The number of allylic oxidation sites excluding steroid dienone is 1. The van der Waals surface area contributed by atoms with Crippen LogP contribution in [0.25, 0.3) is 0 Å². The lowest BCUT2D eigenvalue weighted by Crippen LogP contribution is -2.13. The molecule has 0 radical (unpaired) electrons. The second-order valence-electron chi connectivity index (χ2n) is 5.94. The highest BCUT2D eigenvalue weighted by Gasteiger charge is 2.62. The number of carbonyl (C=O) groups excluding carboxylic acids is 1. The van der Waals surface area contributed by atoms with Gasteiger partial charge < -0.3 is 10.5 Å². The minimum absolute atomic E-state index is 0.283. The van der Waals surface area contributed by atoms with Crippen molar-refractivity contribution in [2.45, 2.75) is 20.5 Å². The minimum atomic E-state index is -1.92. The third kappa shape index (κ3) is 3.16. The van der Waals surface area contributed by atoms with Crippen LogP contribution in [0.2, 0.25) is 0 Å². The summed E-state index contributed by atoms with van der Waals surface area (Å²) < 4.78 is 69.4. The Kier molecular flexibility index (Phi) is 4.37. The molecule has 1 aromatic rings. The summed E-state index contributed by atoms with van der Waals surface area (Å²) >= 11 is 0. The van der Waals surface area contributed by atoms with Crippen molar-refractivity contribution < 1.29 is 31.5 Å². The van der Waals surface area contributed by atoms with Crippen molar-refractivity contribution in [2.75, 3.05) is 5.73 Å². The largest absolute Gasteiger partial charge is 0.460 e. The molecular formula is C15H14F5NO2. The maximum atomic E-state index is 13.6. The molecule has 2 rings (SSSR count). The third-order valence-electron chi connectivity index (χ3n) is 4.14. The molecule has 1 aliphatic rings. The molecule has 1 saturated carbocycles. The molecule has 0 bridgehead atoms. The summed E-state index contributed by atoms with van der Waals surface area (Å²) in [6.45, 7) is 2.41. The number of rotatable bonds is 4. The molecule has 0 aromatic heterocycles. The van der Waals surface area contributed by atoms with Crippen LogP contribution >= 0.6 is 0 Å². The van der Waals surface area contributed by atoms with Crippen LogP contribution in [0.5, 0.6) is 0 Å². The molecule has 3 nitrogen and oxygen atoms in total. The van der Waals surface area contributed by atoms with E-state index < -0.39 is 64.6 Å². The van der Waals surface area contributed by atoms with Gasteiger partial charge in [-0.1, -0.05) is 13.8 Å². The summed E-state index contributed by atoms with van der Waals surface area (Å²) in [6.07, 6.45) is -1.26. The van der Waals surface area contributed by atoms with Crippen molar-refractivity contribution in [3.05, 3.63) is 41.2 Å². The minimum Gasteiger partial charge on any atom is -0.460 e. The lowest BCUT2D eigenvalue weighted by Gasteiger charge is -2.10. The van der Waals surface area contributed by atoms with Gasteiger partial charge >= 0.3 is 5.97 Å². The molecule has 2 atom stereocenters. The van der Waals surface area contributed by atoms with Gasteiger partial charge in [0.1, 0.15) is 12.4 Å². The van der Waals surface area contributed by atoms with E-state index in [1.54, 1.807) is 13.8 Å². The number of anilines is 1. The number of esters is 1. The van der Waals surface area contributed by atoms with E-state index in [2.05, 4.69) is 0 Å². The van der Waals surface area contributed by atoms with E-state index >= 15 is 0 Å². The van der Waals surface area contributed by atoms with E-state index in [0.29, 0.717) is 6.08 Å². The normalized spacial score (nSPS) is 21.7. The zero-order chi connectivity index (χ0) is 17.5.